The lowest BCUT2D eigenvalue weighted by Crippen LogP contribution is -2.47. The SMILES string of the molecule is CC1(C)CC2(CCC1=O)Cc1ccccc1O2. The number of para-hydroxylation sites is 1. The highest BCUT2D eigenvalue weighted by Gasteiger charge is 2.49. The molecular formula is C15H18O2. The van der Waals surface area contributed by atoms with E-state index in [9.17, 15) is 4.79 Å². The van der Waals surface area contributed by atoms with E-state index in [-0.39, 0.29) is 11.0 Å². The van der Waals surface area contributed by atoms with Gasteiger partial charge >= 0.3 is 0 Å². The van der Waals surface area contributed by atoms with Gasteiger partial charge in [0.15, 0.2) is 0 Å². The zero-order chi connectivity index (χ0) is 12.1. The summed E-state index contributed by atoms with van der Waals surface area (Å²) in [5.74, 6) is 1.39. The second-order valence-electron chi connectivity index (χ2n) is 6.05. The maximum Gasteiger partial charge on any atom is 0.138 e. The van der Waals surface area contributed by atoms with Crippen LogP contribution < -0.4 is 4.74 Å². The van der Waals surface area contributed by atoms with Gasteiger partial charge in [-0.15, -0.1) is 0 Å². The average Bonchev–Trinajstić information content (AvgIpc) is 2.61. The Labute approximate surface area is 102 Å². The first-order valence-corrected chi connectivity index (χ1v) is 6.31. The molecule has 3 rings (SSSR count). The van der Waals surface area contributed by atoms with Crippen molar-refractivity contribution in [1.82, 2.24) is 0 Å². The molecule has 2 heteroatoms. The van der Waals surface area contributed by atoms with E-state index in [0.717, 1.165) is 25.0 Å². The summed E-state index contributed by atoms with van der Waals surface area (Å²) in [4.78, 5) is 11.9. The fraction of sp³-hybridized carbons (Fsp3) is 0.533. The summed E-state index contributed by atoms with van der Waals surface area (Å²) in [6.07, 6.45) is 3.32. The van der Waals surface area contributed by atoms with E-state index in [1.165, 1.54) is 5.56 Å². The summed E-state index contributed by atoms with van der Waals surface area (Å²) < 4.78 is 6.17. The summed E-state index contributed by atoms with van der Waals surface area (Å²) in [6, 6.07) is 8.23. The van der Waals surface area contributed by atoms with Crippen molar-refractivity contribution >= 4 is 5.78 Å². The molecule has 1 fully saturated rings. The van der Waals surface area contributed by atoms with E-state index in [4.69, 9.17) is 4.74 Å². The van der Waals surface area contributed by atoms with Crippen LogP contribution in [-0.2, 0) is 11.2 Å². The molecule has 0 aromatic heterocycles. The molecule has 2 aliphatic rings. The third kappa shape index (κ3) is 1.67. The number of hydrogen-bond donors (Lipinski definition) is 0. The Hall–Kier alpha value is -1.31. The minimum absolute atomic E-state index is 0.124. The second kappa shape index (κ2) is 3.34. The number of hydrogen-bond acceptors (Lipinski definition) is 2. The molecule has 0 N–H and O–H groups in total. The van der Waals surface area contributed by atoms with Gasteiger partial charge in [-0.1, -0.05) is 32.0 Å². The summed E-state index contributed by atoms with van der Waals surface area (Å²) >= 11 is 0. The summed E-state index contributed by atoms with van der Waals surface area (Å²) in [7, 11) is 0. The summed E-state index contributed by atoms with van der Waals surface area (Å²) in [6.45, 7) is 4.09. The Bertz CT molecular complexity index is 449. The Morgan fingerprint density at radius 1 is 1.24 bits per heavy atom. The van der Waals surface area contributed by atoms with Gasteiger partial charge in [0, 0.05) is 18.3 Å². The molecule has 1 atom stereocenters. The zero-order valence-corrected chi connectivity index (χ0v) is 10.5. The van der Waals surface area contributed by atoms with Crippen LogP contribution in [0.15, 0.2) is 24.3 Å². The van der Waals surface area contributed by atoms with E-state index in [1.54, 1.807) is 0 Å². The van der Waals surface area contributed by atoms with E-state index in [2.05, 4.69) is 12.1 Å². The van der Waals surface area contributed by atoms with Crippen LogP contribution in [0.5, 0.6) is 5.75 Å². The van der Waals surface area contributed by atoms with Gasteiger partial charge in [0.05, 0.1) is 0 Å². The Morgan fingerprint density at radius 2 is 2.00 bits per heavy atom. The Morgan fingerprint density at radius 3 is 2.71 bits per heavy atom. The van der Waals surface area contributed by atoms with E-state index >= 15 is 0 Å². The molecule has 1 aromatic carbocycles. The molecule has 0 bridgehead atoms. The average molecular weight is 230 g/mol. The van der Waals surface area contributed by atoms with Crippen molar-refractivity contribution < 1.29 is 9.53 Å². The standard InChI is InChI=1S/C15H18O2/c1-14(2)10-15(8-7-13(14)16)9-11-5-3-4-6-12(11)17-15/h3-6H,7-10H2,1-2H3. The molecule has 1 aromatic rings. The van der Waals surface area contributed by atoms with Crippen molar-refractivity contribution in [3.63, 3.8) is 0 Å². The first-order chi connectivity index (χ1) is 8.01. The molecule has 0 amide bonds. The van der Waals surface area contributed by atoms with Gasteiger partial charge in [0.1, 0.15) is 17.1 Å². The fourth-order valence-electron chi connectivity index (χ4n) is 3.28. The minimum Gasteiger partial charge on any atom is -0.487 e. The quantitative estimate of drug-likeness (QED) is 0.684. The Kier molecular flexibility index (Phi) is 2.13. The molecule has 1 aliphatic carbocycles. The highest BCUT2D eigenvalue weighted by atomic mass is 16.5. The molecule has 1 aliphatic heterocycles. The monoisotopic (exact) mass is 230 g/mol. The van der Waals surface area contributed by atoms with E-state index in [1.807, 2.05) is 26.0 Å². The van der Waals surface area contributed by atoms with Gasteiger partial charge in [-0.3, -0.25) is 4.79 Å². The number of carbonyl (C=O) groups is 1. The first kappa shape index (κ1) is 10.8. The summed E-state index contributed by atoms with van der Waals surface area (Å²) in [5.41, 5.74) is 0.930. The normalized spacial score (nSPS) is 30.1. The number of benzene rings is 1. The highest BCUT2D eigenvalue weighted by molar-refractivity contribution is 5.85. The van der Waals surface area contributed by atoms with Crippen molar-refractivity contribution in [2.24, 2.45) is 5.41 Å². The van der Waals surface area contributed by atoms with Gasteiger partial charge in [-0.05, 0) is 24.5 Å². The van der Waals surface area contributed by atoms with E-state index in [0.29, 0.717) is 12.2 Å². The van der Waals surface area contributed by atoms with Gasteiger partial charge in [0.2, 0.25) is 0 Å². The number of Topliss-reactive ketones (excluding diaryl/α,β-unsaturated/α-hetero) is 1. The number of ketones is 1. The van der Waals surface area contributed by atoms with Crippen LogP contribution in [0.2, 0.25) is 0 Å². The molecule has 0 saturated heterocycles. The zero-order valence-electron chi connectivity index (χ0n) is 10.5. The van der Waals surface area contributed by atoms with Crippen molar-refractivity contribution in [2.45, 2.75) is 45.1 Å². The van der Waals surface area contributed by atoms with Crippen LogP contribution in [0, 0.1) is 5.41 Å². The maximum atomic E-state index is 11.9. The van der Waals surface area contributed by atoms with E-state index < -0.39 is 0 Å². The summed E-state index contributed by atoms with van der Waals surface area (Å²) in [5, 5.41) is 0. The molecule has 90 valence electrons. The molecule has 1 saturated carbocycles. The van der Waals surface area contributed by atoms with Crippen LogP contribution in [0.25, 0.3) is 0 Å². The van der Waals surface area contributed by atoms with Crippen molar-refractivity contribution in [3.05, 3.63) is 29.8 Å². The molecule has 1 unspecified atom stereocenters. The van der Waals surface area contributed by atoms with Crippen LogP contribution in [0.1, 0.15) is 38.7 Å². The van der Waals surface area contributed by atoms with Crippen molar-refractivity contribution in [2.75, 3.05) is 0 Å². The van der Waals surface area contributed by atoms with Gasteiger partial charge in [-0.2, -0.15) is 0 Å². The van der Waals surface area contributed by atoms with Crippen LogP contribution >= 0.6 is 0 Å². The van der Waals surface area contributed by atoms with Crippen LogP contribution in [-0.4, -0.2) is 11.4 Å². The predicted octanol–water partition coefficient (Wildman–Crippen LogP) is 3.14. The number of ether oxygens (including phenoxy) is 1. The molecular weight excluding hydrogens is 212 g/mol. The lowest BCUT2D eigenvalue weighted by atomic mass is 9.68. The van der Waals surface area contributed by atoms with Crippen molar-refractivity contribution in [1.29, 1.82) is 0 Å². The smallest absolute Gasteiger partial charge is 0.138 e. The van der Waals surface area contributed by atoms with Gasteiger partial charge in [-0.25, -0.2) is 0 Å². The molecule has 1 heterocycles. The van der Waals surface area contributed by atoms with Crippen LogP contribution in [0.4, 0.5) is 0 Å². The number of fused-ring (bicyclic) bond motifs is 1. The Balaban J connectivity index is 1.90. The highest BCUT2D eigenvalue weighted by Crippen LogP contribution is 2.47. The molecule has 17 heavy (non-hydrogen) atoms. The largest absolute Gasteiger partial charge is 0.487 e. The molecule has 1 spiro atoms. The van der Waals surface area contributed by atoms with Gasteiger partial charge in [0.25, 0.3) is 0 Å². The van der Waals surface area contributed by atoms with Crippen LogP contribution in [0.3, 0.4) is 0 Å². The topological polar surface area (TPSA) is 26.3 Å². The minimum atomic E-state index is -0.236. The lowest BCUT2D eigenvalue weighted by Gasteiger charge is -2.40. The second-order valence-corrected chi connectivity index (χ2v) is 6.05. The third-order valence-corrected chi connectivity index (χ3v) is 4.14. The predicted molar refractivity (Wildman–Crippen MR) is 66.1 cm³/mol. The molecule has 0 radical (unpaired) electrons. The maximum absolute atomic E-state index is 11.9. The number of rotatable bonds is 0. The third-order valence-electron chi connectivity index (χ3n) is 4.14. The molecule has 2 nitrogen and oxygen atoms in total. The fourth-order valence-corrected chi connectivity index (χ4v) is 3.28. The number of carbonyl (C=O) groups excluding carboxylic acids is 1. The lowest BCUT2D eigenvalue weighted by molar-refractivity contribution is -0.135. The van der Waals surface area contributed by atoms with Gasteiger partial charge < -0.3 is 4.74 Å². The first-order valence-electron chi connectivity index (χ1n) is 6.31. The van der Waals surface area contributed by atoms with Crippen molar-refractivity contribution in [3.8, 4) is 5.75 Å².